The number of hydrogen-bond donors (Lipinski definition) is 10. The van der Waals surface area contributed by atoms with Crippen LogP contribution in [0, 0.1) is 0 Å². The average molecular weight is 743 g/mol. The van der Waals surface area contributed by atoms with Crippen molar-refractivity contribution in [1.29, 1.82) is 0 Å². The molecule has 2 saturated heterocycles. The first-order valence-electron chi connectivity index (χ1n) is 14.4. The lowest BCUT2D eigenvalue weighted by Gasteiger charge is -2.17. The molecule has 0 amide bonds. The number of aliphatic hydroxyl groups excluding tert-OH is 4. The van der Waals surface area contributed by atoms with Crippen LogP contribution in [-0.4, -0.2) is 122 Å². The van der Waals surface area contributed by atoms with Crippen LogP contribution in [0.4, 0.5) is 11.6 Å². The van der Waals surface area contributed by atoms with Crippen LogP contribution in [0.2, 0.25) is 0 Å². The molecule has 24 heteroatoms. The van der Waals surface area contributed by atoms with E-state index in [-0.39, 0.29) is 0 Å². The molecule has 0 radical (unpaired) electrons. The van der Waals surface area contributed by atoms with Crippen molar-refractivity contribution in [2.45, 2.75) is 49.0 Å². The molecule has 48 heavy (non-hydrogen) atoms. The first-order chi connectivity index (χ1) is 23.2. The Kier molecular flexibility index (Phi) is 11.1. The van der Waals surface area contributed by atoms with E-state index in [4.69, 9.17) is 9.47 Å². The minimum absolute atomic E-state index is 0.376. The maximum atomic E-state index is 11.6. The van der Waals surface area contributed by atoms with Gasteiger partial charge in [0.2, 0.25) is 0 Å². The van der Waals surface area contributed by atoms with E-state index in [0.29, 0.717) is 47.1 Å². The van der Waals surface area contributed by atoms with Crippen LogP contribution < -0.4 is 20.8 Å². The standard InChI is InChI=1S/C24H30N12O8P2S2/c37-5-11-13(33-45(41)47)17(39)23(43-11)35-9-31-15-19(27-7-29-21(15)35)25-3-1-2-4-26-20-16-22(30-8-28-20)36(10-32-16)24-18(40)14(34-46(42)48)12(6-38)44-24/h1-2,7-14,17-18,23-24,37-40H,3-6H2,(H4-2,25,26,27,28,29,30,33,34,41,42,47,48)/p+2/b2-1+/t11?,12?,13-,14?,17-,18-,23-,24?/m1/s1. The maximum absolute atomic E-state index is 11.6. The number of aromatic nitrogens is 8. The Labute approximate surface area is 283 Å². The van der Waals surface area contributed by atoms with Crippen molar-refractivity contribution in [3.05, 3.63) is 37.5 Å². The fourth-order valence-electron chi connectivity index (χ4n) is 5.64. The van der Waals surface area contributed by atoms with Crippen molar-refractivity contribution < 1.29 is 39.0 Å². The highest BCUT2D eigenvalue weighted by molar-refractivity contribution is 8.40. The van der Waals surface area contributed by atoms with Crippen molar-refractivity contribution in [2.24, 2.45) is 0 Å². The van der Waals surface area contributed by atoms with E-state index in [1.807, 2.05) is 12.2 Å². The fourth-order valence-corrected chi connectivity index (χ4v) is 7.59. The highest BCUT2D eigenvalue weighted by atomic mass is 32.7. The van der Waals surface area contributed by atoms with Gasteiger partial charge in [-0.1, -0.05) is 22.3 Å². The highest BCUT2D eigenvalue weighted by Gasteiger charge is 2.49. The summed E-state index contributed by atoms with van der Waals surface area (Å²) in [6, 6.07) is -1.63. The van der Waals surface area contributed by atoms with Crippen molar-refractivity contribution in [3.63, 3.8) is 0 Å². The van der Waals surface area contributed by atoms with E-state index >= 15 is 0 Å². The van der Waals surface area contributed by atoms with E-state index in [9.17, 15) is 29.6 Å². The number of nitrogens with one attached hydrogen (secondary N) is 4. The van der Waals surface area contributed by atoms with Gasteiger partial charge in [0.1, 0.15) is 73.7 Å². The zero-order valence-corrected chi connectivity index (χ0v) is 28.3. The van der Waals surface area contributed by atoms with E-state index in [1.54, 1.807) is 0 Å². The predicted molar refractivity (Wildman–Crippen MR) is 178 cm³/mol. The monoisotopic (exact) mass is 742 g/mol. The Bertz CT molecular complexity index is 1690. The van der Waals surface area contributed by atoms with Gasteiger partial charge >= 0.3 is 14.3 Å². The van der Waals surface area contributed by atoms with Gasteiger partial charge in [-0.2, -0.15) is 0 Å². The van der Waals surface area contributed by atoms with Crippen molar-refractivity contribution >= 4 is 72.8 Å². The number of anilines is 2. The summed E-state index contributed by atoms with van der Waals surface area (Å²) < 4.78 is 37.9. The van der Waals surface area contributed by atoms with Crippen LogP contribution in [0.5, 0.6) is 0 Å². The van der Waals surface area contributed by atoms with Gasteiger partial charge in [-0.25, -0.2) is 29.9 Å². The summed E-state index contributed by atoms with van der Waals surface area (Å²) in [4.78, 5) is 25.9. The molecule has 6 heterocycles. The van der Waals surface area contributed by atoms with Crippen LogP contribution in [-0.2, 0) is 18.6 Å². The molecule has 0 saturated carbocycles. The van der Waals surface area contributed by atoms with Gasteiger partial charge in [-0.3, -0.25) is 9.13 Å². The SMILES string of the molecule is O=[P+](S)NC1C(CO)OC(n2cnc3c(NC/C=C/CNc4ncnc5c4ncn5[C@@H]4OC(CO)[C@@H](N[P+](=O)S)[C@H]4O)ncnc32)[C@@H]1O. The number of aliphatic hydroxyl groups is 4. The summed E-state index contributed by atoms with van der Waals surface area (Å²) in [6.07, 6.45) is 3.42. The van der Waals surface area contributed by atoms with E-state index in [2.05, 4.69) is 75.2 Å². The number of ether oxygens (including phenoxy) is 2. The zero-order chi connectivity index (χ0) is 33.9. The Morgan fingerprint density at radius 3 is 1.52 bits per heavy atom. The first-order valence-corrected chi connectivity index (χ1v) is 19.3. The van der Waals surface area contributed by atoms with Gasteiger partial charge in [-0.05, 0) is 9.13 Å². The highest BCUT2D eigenvalue weighted by Crippen LogP contribution is 2.37. The van der Waals surface area contributed by atoms with Crippen molar-refractivity contribution in [3.8, 4) is 0 Å². The molecule has 2 aliphatic rings. The number of thiol groups is 2. The summed E-state index contributed by atoms with van der Waals surface area (Å²) >= 11 is 7.69. The molecule has 4 aromatic heterocycles. The van der Waals surface area contributed by atoms with Crippen LogP contribution >= 0.6 is 38.8 Å². The summed E-state index contributed by atoms with van der Waals surface area (Å²) in [7, 11) is -4.20. The van der Waals surface area contributed by atoms with Gasteiger partial charge in [0.25, 0.3) is 0 Å². The molecular weight excluding hydrogens is 710 g/mol. The third-order valence-corrected chi connectivity index (χ3v) is 9.57. The number of hydrogen-bond acceptors (Lipinski definition) is 16. The molecule has 2 aliphatic heterocycles. The van der Waals surface area contributed by atoms with Gasteiger partial charge in [0.15, 0.2) is 46.4 Å². The van der Waals surface area contributed by atoms with Crippen LogP contribution in [0.25, 0.3) is 22.3 Å². The lowest BCUT2D eigenvalue weighted by atomic mass is 10.1. The van der Waals surface area contributed by atoms with Crippen molar-refractivity contribution in [2.75, 3.05) is 36.9 Å². The van der Waals surface area contributed by atoms with Crippen LogP contribution in [0.1, 0.15) is 12.5 Å². The minimum Gasteiger partial charge on any atom is -0.394 e. The second-order valence-corrected chi connectivity index (χ2v) is 14.4. The van der Waals surface area contributed by atoms with Crippen LogP contribution in [0.3, 0.4) is 0 Å². The molecule has 20 nitrogen and oxygen atoms in total. The molecule has 4 aromatic rings. The third-order valence-electron chi connectivity index (χ3n) is 7.84. The van der Waals surface area contributed by atoms with E-state index in [1.165, 1.54) is 34.4 Å². The molecule has 10 atom stereocenters. The third kappa shape index (κ3) is 7.02. The first kappa shape index (κ1) is 34.9. The predicted octanol–water partition coefficient (Wildman–Crippen LogP) is -0.362. The molecule has 6 unspecified atom stereocenters. The molecule has 256 valence electrons. The van der Waals surface area contributed by atoms with E-state index in [0.717, 1.165) is 0 Å². The maximum Gasteiger partial charge on any atom is 0.504 e. The number of rotatable bonds is 14. The summed E-state index contributed by atoms with van der Waals surface area (Å²) in [5, 5.41) is 52.7. The average Bonchev–Trinajstić information content (AvgIpc) is 3.83. The second-order valence-electron chi connectivity index (χ2n) is 10.7. The largest absolute Gasteiger partial charge is 0.504 e. The second kappa shape index (κ2) is 15.3. The Morgan fingerprint density at radius 2 is 1.15 bits per heavy atom. The molecule has 0 aromatic carbocycles. The molecule has 0 spiro atoms. The lowest BCUT2D eigenvalue weighted by Crippen LogP contribution is -2.42. The lowest BCUT2D eigenvalue weighted by molar-refractivity contribution is -0.0489. The van der Waals surface area contributed by atoms with Crippen LogP contribution in [0.15, 0.2) is 37.5 Å². The smallest absolute Gasteiger partial charge is 0.394 e. The van der Waals surface area contributed by atoms with Gasteiger partial charge in [0.05, 0.1) is 25.9 Å². The molecule has 0 aliphatic carbocycles. The number of imidazole rings is 2. The molecular formula is C24H32N12O8P2S2+2. The fraction of sp³-hybridized carbons (Fsp3) is 0.500. The molecule has 8 N–H and O–H groups in total. The van der Waals surface area contributed by atoms with E-state index < -0.39 is 76.5 Å². The minimum atomic E-state index is -2.10. The summed E-state index contributed by atoms with van der Waals surface area (Å²) in [5.41, 5.74) is 1.63. The van der Waals surface area contributed by atoms with Gasteiger partial charge in [-0.15, -0.1) is 0 Å². The van der Waals surface area contributed by atoms with Gasteiger partial charge in [0, 0.05) is 13.1 Å². The molecule has 0 bridgehead atoms. The topological polar surface area (TPSA) is 269 Å². The normalized spacial score (nSPS) is 28.1. The molecule has 2 fully saturated rings. The Morgan fingerprint density at radius 1 is 0.729 bits per heavy atom. The number of nitrogens with zero attached hydrogens (tertiary/aromatic N) is 8. The summed E-state index contributed by atoms with van der Waals surface area (Å²) in [6.45, 7) is -0.0644. The Hall–Kier alpha value is -2.98. The molecule has 6 rings (SSSR count). The quantitative estimate of drug-likeness (QED) is 0.0449. The van der Waals surface area contributed by atoms with Gasteiger partial charge < -0.3 is 40.5 Å². The number of fused-ring (bicyclic) bond motifs is 2. The van der Waals surface area contributed by atoms with Crippen molar-refractivity contribution in [1.82, 2.24) is 49.2 Å². The zero-order valence-electron chi connectivity index (χ0n) is 24.7. The summed E-state index contributed by atoms with van der Waals surface area (Å²) in [5.74, 6) is 0.884. The Balaban J connectivity index is 1.07.